The molecule has 0 saturated carbocycles. The van der Waals surface area contributed by atoms with Crippen LogP contribution in [0, 0.1) is 6.92 Å². The average molecular weight is 256 g/mol. The molecule has 0 unspecified atom stereocenters. The lowest BCUT2D eigenvalue weighted by Crippen LogP contribution is -2.29. The van der Waals surface area contributed by atoms with Crippen LogP contribution >= 0.6 is 0 Å². The Morgan fingerprint density at radius 2 is 1.84 bits per heavy atom. The number of pyridine rings is 1. The highest BCUT2D eigenvalue weighted by Gasteiger charge is 2.17. The number of para-hydroxylation sites is 1. The molecule has 0 aliphatic carbocycles. The van der Waals surface area contributed by atoms with Gasteiger partial charge in [-0.2, -0.15) is 0 Å². The molecule has 2 N–H and O–H groups in total. The molecule has 2 aromatic rings. The molecule has 19 heavy (non-hydrogen) atoms. The minimum Gasteiger partial charge on any atom is -0.496 e. The van der Waals surface area contributed by atoms with E-state index in [1.54, 1.807) is 7.11 Å². The molecule has 2 rings (SSSR count). The molecule has 0 aliphatic rings. The average Bonchev–Trinajstić information content (AvgIpc) is 2.37. The van der Waals surface area contributed by atoms with E-state index in [4.69, 9.17) is 10.5 Å². The molecule has 3 nitrogen and oxygen atoms in total. The van der Waals surface area contributed by atoms with Gasteiger partial charge in [-0.15, -0.1) is 0 Å². The van der Waals surface area contributed by atoms with Gasteiger partial charge in [0.1, 0.15) is 5.75 Å². The smallest absolute Gasteiger partial charge is 0.126 e. The lowest BCUT2D eigenvalue weighted by atomic mass is 9.96. The Hall–Kier alpha value is -1.87. The van der Waals surface area contributed by atoms with Gasteiger partial charge in [-0.05, 0) is 38.5 Å². The summed E-state index contributed by atoms with van der Waals surface area (Å²) in [6, 6.07) is 9.99. The standard InChI is InChI=1S/C16H20N2O/c1-11-9-15(16(2,3)17)18-10-13(11)12-7-5-6-8-14(12)19-4/h5-10H,17H2,1-4H3. The molecule has 100 valence electrons. The monoisotopic (exact) mass is 256 g/mol. The van der Waals surface area contributed by atoms with Crippen molar-refractivity contribution in [3.63, 3.8) is 0 Å². The first-order valence-corrected chi connectivity index (χ1v) is 6.33. The van der Waals surface area contributed by atoms with Crippen LogP contribution in [0.4, 0.5) is 0 Å². The number of hydrogen-bond donors (Lipinski definition) is 1. The number of ether oxygens (including phenoxy) is 1. The SMILES string of the molecule is COc1ccccc1-c1cnc(C(C)(C)N)cc1C. The summed E-state index contributed by atoms with van der Waals surface area (Å²) in [5.41, 5.74) is 9.82. The first-order valence-electron chi connectivity index (χ1n) is 6.33. The van der Waals surface area contributed by atoms with Crippen molar-refractivity contribution in [1.82, 2.24) is 4.98 Å². The molecule has 3 heteroatoms. The van der Waals surface area contributed by atoms with Gasteiger partial charge in [0.25, 0.3) is 0 Å². The van der Waals surface area contributed by atoms with Gasteiger partial charge in [-0.25, -0.2) is 0 Å². The maximum atomic E-state index is 6.08. The van der Waals surface area contributed by atoms with Gasteiger partial charge in [-0.1, -0.05) is 18.2 Å². The summed E-state index contributed by atoms with van der Waals surface area (Å²) in [4.78, 5) is 4.48. The van der Waals surface area contributed by atoms with E-state index in [-0.39, 0.29) is 0 Å². The highest BCUT2D eigenvalue weighted by Crippen LogP contribution is 2.32. The van der Waals surface area contributed by atoms with Crippen LogP contribution in [0.25, 0.3) is 11.1 Å². The normalized spacial score (nSPS) is 11.4. The van der Waals surface area contributed by atoms with E-state index < -0.39 is 5.54 Å². The molecular formula is C16H20N2O. The van der Waals surface area contributed by atoms with Crippen molar-refractivity contribution in [3.05, 3.63) is 47.8 Å². The maximum absolute atomic E-state index is 6.08. The molecule has 0 fully saturated rings. The maximum Gasteiger partial charge on any atom is 0.126 e. The number of aryl methyl sites for hydroxylation is 1. The number of nitrogens with zero attached hydrogens (tertiary/aromatic N) is 1. The molecule has 0 atom stereocenters. The Morgan fingerprint density at radius 1 is 1.16 bits per heavy atom. The highest BCUT2D eigenvalue weighted by atomic mass is 16.5. The van der Waals surface area contributed by atoms with Crippen LogP contribution in [0.3, 0.4) is 0 Å². The quantitative estimate of drug-likeness (QED) is 0.917. The van der Waals surface area contributed by atoms with Crippen LogP contribution in [0.5, 0.6) is 5.75 Å². The second kappa shape index (κ2) is 5.02. The van der Waals surface area contributed by atoms with Crippen LogP contribution in [0.15, 0.2) is 36.5 Å². The Balaban J connectivity index is 2.53. The van der Waals surface area contributed by atoms with Gasteiger partial charge >= 0.3 is 0 Å². The number of methoxy groups -OCH3 is 1. The molecule has 0 bridgehead atoms. The van der Waals surface area contributed by atoms with Crippen LogP contribution in [-0.2, 0) is 5.54 Å². The van der Waals surface area contributed by atoms with Crippen molar-refractivity contribution in [1.29, 1.82) is 0 Å². The number of benzene rings is 1. The van der Waals surface area contributed by atoms with E-state index >= 15 is 0 Å². The summed E-state index contributed by atoms with van der Waals surface area (Å²) < 4.78 is 5.40. The molecule has 1 aromatic carbocycles. The van der Waals surface area contributed by atoms with Crippen molar-refractivity contribution in [2.75, 3.05) is 7.11 Å². The first-order chi connectivity index (χ1) is 8.93. The first kappa shape index (κ1) is 13.6. The van der Waals surface area contributed by atoms with Crippen LogP contribution in [0.2, 0.25) is 0 Å². The largest absolute Gasteiger partial charge is 0.496 e. The zero-order chi connectivity index (χ0) is 14.0. The fraction of sp³-hybridized carbons (Fsp3) is 0.312. The van der Waals surface area contributed by atoms with E-state index in [1.165, 1.54) is 0 Å². The van der Waals surface area contributed by atoms with Gasteiger partial charge in [0.15, 0.2) is 0 Å². The third-order valence-electron chi connectivity index (χ3n) is 3.17. The molecule has 1 aromatic heterocycles. The Bertz CT molecular complexity index is 586. The molecule has 0 aliphatic heterocycles. The molecule has 0 amide bonds. The minimum absolute atomic E-state index is 0.427. The second-order valence-electron chi connectivity index (χ2n) is 5.31. The third kappa shape index (κ3) is 2.76. The van der Waals surface area contributed by atoms with E-state index in [1.807, 2.05) is 50.4 Å². The number of hydrogen-bond acceptors (Lipinski definition) is 3. The lowest BCUT2D eigenvalue weighted by Gasteiger charge is -2.19. The topological polar surface area (TPSA) is 48.1 Å². The number of nitrogens with two attached hydrogens (primary N) is 1. The summed E-state index contributed by atoms with van der Waals surface area (Å²) in [7, 11) is 1.68. The minimum atomic E-state index is -0.427. The molecule has 1 heterocycles. The number of rotatable bonds is 3. The van der Waals surface area contributed by atoms with E-state index in [0.717, 1.165) is 28.1 Å². The summed E-state index contributed by atoms with van der Waals surface area (Å²) in [5.74, 6) is 0.854. The van der Waals surface area contributed by atoms with Crippen molar-refractivity contribution < 1.29 is 4.74 Å². The predicted octanol–water partition coefficient (Wildman–Crippen LogP) is 3.26. The summed E-state index contributed by atoms with van der Waals surface area (Å²) in [6.45, 7) is 5.98. The van der Waals surface area contributed by atoms with E-state index in [9.17, 15) is 0 Å². The molecule has 0 saturated heterocycles. The summed E-state index contributed by atoms with van der Waals surface area (Å²) in [5, 5.41) is 0. The van der Waals surface area contributed by atoms with Gasteiger partial charge < -0.3 is 10.5 Å². The van der Waals surface area contributed by atoms with E-state index in [0.29, 0.717) is 0 Å². The van der Waals surface area contributed by atoms with Crippen LogP contribution in [0.1, 0.15) is 25.1 Å². The van der Waals surface area contributed by atoms with Crippen LogP contribution in [-0.4, -0.2) is 12.1 Å². The Labute approximate surface area is 114 Å². The third-order valence-corrected chi connectivity index (χ3v) is 3.17. The summed E-state index contributed by atoms with van der Waals surface area (Å²) in [6.07, 6.45) is 1.87. The Morgan fingerprint density at radius 3 is 2.42 bits per heavy atom. The van der Waals surface area contributed by atoms with E-state index in [2.05, 4.69) is 11.9 Å². The molecular weight excluding hydrogens is 236 g/mol. The predicted molar refractivity (Wildman–Crippen MR) is 78.2 cm³/mol. The zero-order valence-corrected chi connectivity index (χ0v) is 11.9. The van der Waals surface area contributed by atoms with Gasteiger partial charge in [0.2, 0.25) is 0 Å². The zero-order valence-electron chi connectivity index (χ0n) is 11.9. The molecule has 0 spiro atoms. The summed E-state index contributed by atoms with van der Waals surface area (Å²) >= 11 is 0. The second-order valence-corrected chi connectivity index (χ2v) is 5.31. The van der Waals surface area contributed by atoms with Gasteiger partial charge in [0, 0.05) is 17.3 Å². The van der Waals surface area contributed by atoms with Crippen molar-refractivity contribution >= 4 is 0 Å². The van der Waals surface area contributed by atoms with Crippen molar-refractivity contribution in [2.24, 2.45) is 5.73 Å². The van der Waals surface area contributed by atoms with Gasteiger partial charge in [-0.3, -0.25) is 4.98 Å². The molecule has 0 radical (unpaired) electrons. The van der Waals surface area contributed by atoms with Gasteiger partial charge in [0.05, 0.1) is 18.3 Å². The van der Waals surface area contributed by atoms with Crippen molar-refractivity contribution in [2.45, 2.75) is 26.3 Å². The number of aromatic nitrogens is 1. The Kier molecular flexibility index (Phi) is 3.58. The van der Waals surface area contributed by atoms with Crippen LogP contribution < -0.4 is 10.5 Å². The highest BCUT2D eigenvalue weighted by molar-refractivity contribution is 5.72. The fourth-order valence-electron chi connectivity index (χ4n) is 2.06. The fourth-order valence-corrected chi connectivity index (χ4v) is 2.06. The van der Waals surface area contributed by atoms with Crippen molar-refractivity contribution in [3.8, 4) is 16.9 Å². The lowest BCUT2D eigenvalue weighted by molar-refractivity contribution is 0.416.